The van der Waals surface area contributed by atoms with Crippen LogP contribution in [0.4, 0.5) is 0 Å². The number of aliphatic hydroxyl groups is 1. The van der Waals surface area contributed by atoms with Crippen molar-refractivity contribution in [3.63, 3.8) is 0 Å². The van der Waals surface area contributed by atoms with E-state index in [-0.39, 0.29) is 6.61 Å². The van der Waals surface area contributed by atoms with Gasteiger partial charge in [0.05, 0.1) is 0 Å². The maximum absolute atomic E-state index is 8.81. The van der Waals surface area contributed by atoms with Crippen LogP contribution in [0.15, 0.2) is 0 Å². The molecule has 0 saturated heterocycles. The molecule has 0 amide bonds. The molecule has 0 bridgehead atoms. The van der Waals surface area contributed by atoms with E-state index in [1.54, 1.807) is 0 Å². The lowest BCUT2D eigenvalue weighted by atomic mass is 10.1. The van der Waals surface area contributed by atoms with Gasteiger partial charge in [-0.05, 0) is 19.3 Å². The Hall–Kier alpha value is -0.120. The first kappa shape index (κ1) is 12.9. The molecule has 13 heavy (non-hydrogen) atoms. The summed E-state index contributed by atoms with van der Waals surface area (Å²) in [6.45, 7) is 5.24. The molecule has 3 nitrogen and oxygen atoms in total. The molecule has 80 valence electrons. The van der Waals surface area contributed by atoms with Crippen molar-refractivity contribution in [1.29, 1.82) is 0 Å². The molecule has 4 N–H and O–H groups in total. The summed E-state index contributed by atoms with van der Waals surface area (Å²) in [5.74, 6) is 0. The first-order valence-electron chi connectivity index (χ1n) is 5.35. The number of hydrogen-bond donors (Lipinski definition) is 3. The van der Waals surface area contributed by atoms with Crippen LogP contribution in [0.3, 0.4) is 0 Å². The van der Waals surface area contributed by atoms with Crippen molar-refractivity contribution >= 4 is 0 Å². The standard InChI is InChI=1S/C10H24N2O/c1-3-5-10(8-11)12-9(4-2)6-7-13/h9-10,12-13H,3-8,11H2,1-2H3. The summed E-state index contributed by atoms with van der Waals surface area (Å²) < 4.78 is 0. The van der Waals surface area contributed by atoms with Crippen molar-refractivity contribution in [2.75, 3.05) is 13.2 Å². The van der Waals surface area contributed by atoms with Crippen LogP contribution in [-0.4, -0.2) is 30.3 Å². The van der Waals surface area contributed by atoms with Crippen molar-refractivity contribution in [2.24, 2.45) is 5.73 Å². The van der Waals surface area contributed by atoms with E-state index < -0.39 is 0 Å². The lowest BCUT2D eigenvalue weighted by Gasteiger charge is -2.23. The minimum Gasteiger partial charge on any atom is -0.396 e. The van der Waals surface area contributed by atoms with E-state index in [1.807, 2.05) is 0 Å². The van der Waals surface area contributed by atoms with Crippen LogP contribution in [-0.2, 0) is 0 Å². The molecule has 0 radical (unpaired) electrons. The van der Waals surface area contributed by atoms with E-state index in [4.69, 9.17) is 10.8 Å². The van der Waals surface area contributed by atoms with Crippen molar-refractivity contribution in [3.8, 4) is 0 Å². The van der Waals surface area contributed by atoms with Gasteiger partial charge in [0.2, 0.25) is 0 Å². The van der Waals surface area contributed by atoms with Crippen molar-refractivity contribution in [2.45, 2.75) is 51.6 Å². The quantitative estimate of drug-likeness (QED) is 0.529. The number of nitrogens with two attached hydrogens (primary N) is 1. The van der Waals surface area contributed by atoms with Crippen LogP contribution in [0, 0.1) is 0 Å². The molecule has 0 heterocycles. The van der Waals surface area contributed by atoms with Crippen molar-refractivity contribution in [1.82, 2.24) is 5.32 Å². The van der Waals surface area contributed by atoms with E-state index in [1.165, 1.54) is 0 Å². The molecule has 0 spiro atoms. The summed E-state index contributed by atoms with van der Waals surface area (Å²) in [7, 11) is 0. The first-order valence-corrected chi connectivity index (χ1v) is 5.35. The second kappa shape index (κ2) is 8.48. The molecule has 3 heteroatoms. The van der Waals surface area contributed by atoms with Gasteiger partial charge < -0.3 is 16.2 Å². The molecule has 2 unspecified atom stereocenters. The second-order valence-corrected chi connectivity index (χ2v) is 3.51. The molecular formula is C10H24N2O. The molecule has 0 saturated carbocycles. The highest BCUT2D eigenvalue weighted by Gasteiger charge is 2.10. The monoisotopic (exact) mass is 188 g/mol. The summed E-state index contributed by atoms with van der Waals surface area (Å²) in [6.07, 6.45) is 4.17. The Morgan fingerprint density at radius 3 is 2.31 bits per heavy atom. The summed E-state index contributed by atoms with van der Waals surface area (Å²) in [4.78, 5) is 0. The molecule has 0 aromatic rings. The zero-order valence-corrected chi connectivity index (χ0v) is 8.92. The van der Waals surface area contributed by atoms with Gasteiger partial charge in [0, 0.05) is 25.2 Å². The van der Waals surface area contributed by atoms with Gasteiger partial charge in [-0.1, -0.05) is 20.3 Å². The van der Waals surface area contributed by atoms with E-state index in [0.717, 1.165) is 25.7 Å². The molecule has 0 fully saturated rings. The predicted molar refractivity (Wildman–Crippen MR) is 56.7 cm³/mol. The normalized spacial score (nSPS) is 15.7. The first-order chi connectivity index (χ1) is 6.28. The molecule has 0 aliphatic rings. The van der Waals surface area contributed by atoms with Crippen LogP contribution < -0.4 is 11.1 Å². The zero-order chi connectivity index (χ0) is 10.1. The maximum Gasteiger partial charge on any atom is 0.0445 e. The number of aliphatic hydroxyl groups excluding tert-OH is 1. The molecule has 0 aliphatic heterocycles. The fraction of sp³-hybridized carbons (Fsp3) is 1.00. The topological polar surface area (TPSA) is 58.3 Å². The smallest absolute Gasteiger partial charge is 0.0445 e. The van der Waals surface area contributed by atoms with Gasteiger partial charge in [0.1, 0.15) is 0 Å². The Kier molecular flexibility index (Phi) is 8.40. The zero-order valence-electron chi connectivity index (χ0n) is 8.92. The van der Waals surface area contributed by atoms with Crippen LogP contribution in [0.5, 0.6) is 0 Å². The molecule has 0 aromatic carbocycles. The van der Waals surface area contributed by atoms with Gasteiger partial charge in [0.15, 0.2) is 0 Å². The van der Waals surface area contributed by atoms with Gasteiger partial charge >= 0.3 is 0 Å². The summed E-state index contributed by atoms with van der Waals surface area (Å²) in [6, 6.07) is 0.839. The molecule has 0 aliphatic carbocycles. The van der Waals surface area contributed by atoms with Gasteiger partial charge in [0.25, 0.3) is 0 Å². The molecule has 0 aromatic heterocycles. The van der Waals surface area contributed by atoms with Gasteiger partial charge in [-0.2, -0.15) is 0 Å². The van der Waals surface area contributed by atoms with Crippen molar-refractivity contribution < 1.29 is 5.11 Å². The number of hydrogen-bond acceptors (Lipinski definition) is 3. The summed E-state index contributed by atoms with van der Waals surface area (Å²) in [5.41, 5.74) is 5.63. The van der Waals surface area contributed by atoms with Crippen LogP contribution >= 0.6 is 0 Å². The van der Waals surface area contributed by atoms with E-state index in [0.29, 0.717) is 18.6 Å². The molecule has 0 rings (SSSR count). The van der Waals surface area contributed by atoms with Crippen LogP contribution in [0.1, 0.15) is 39.5 Å². The fourth-order valence-electron chi connectivity index (χ4n) is 1.51. The Morgan fingerprint density at radius 2 is 1.92 bits per heavy atom. The van der Waals surface area contributed by atoms with Gasteiger partial charge in [-0.15, -0.1) is 0 Å². The highest BCUT2D eigenvalue weighted by atomic mass is 16.3. The SMILES string of the molecule is CCCC(CN)NC(CC)CCO. The minimum atomic E-state index is 0.259. The van der Waals surface area contributed by atoms with Gasteiger partial charge in [-0.25, -0.2) is 0 Å². The average Bonchev–Trinajstić information content (AvgIpc) is 2.16. The summed E-state index contributed by atoms with van der Waals surface area (Å²) in [5, 5.41) is 12.3. The minimum absolute atomic E-state index is 0.259. The largest absolute Gasteiger partial charge is 0.396 e. The predicted octanol–water partition coefficient (Wildman–Crippen LogP) is 0.864. The van der Waals surface area contributed by atoms with Crippen LogP contribution in [0.2, 0.25) is 0 Å². The molecular weight excluding hydrogens is 164 g/mol. The average molecular weight is 188 g/mol. The lowest BCUT2D eigenvalue weighted by Crippen LogP contribution is -2.42. The Bertz CT molecular complexity index is 97.1. The molecule has 2 atom stereocenters. The lowest BCUT2D eigenvalue weighted by molar-refractivity contribution is 0.253. The second-order valence-electron chi connectivity index (χ2n) is 3.51. The van der Waals surface area contributed by atoms with E-state index >= 15 is 0 Å². The third kappa shape index (κ3) is 6.02. The third-order valence-corrected chi connectivity index (χ3v) is 2.36. The highest BCUT2D eigenvalue weighted by molar-refractivity contribution is 4.73. The van der Waals surface area contributed by atoms with Crippen molar-refractivity contribution in [3.05, 3.63) is 0 Å². The Labute approximate surface area is 81.7 Å². The van der Waals surface area contributed by atoms with E-state index in [2.05, 4.69) is 19.2 Å². The number of rotatable bonds is 8. The highest BCUT2D eigenvalue weighted by Crippen LogP contribution is 2.02. The summed E-state index contributed by atoms with van der Waals surface area (Å²) >= 11 is 0. The Balaban J connectivity index is 3.73. The fourth-order valence-corrected chi connectivity index (χ4v) is 1.51. The van der Waals surface area contributed by atoms with E-state index in [9.17, 15) is 0 Å². The third-order valence-electron chi connectivity index (χ3n) is 2.36. The van der Waals surface area contributed by atoms with Crippen LogP contribution in [0.25, 0.3) is 0 Å². The van der Waals surface area contributed by atoms with Gasteiger partial charge in [-0.3, -0.25) is 0 Å². The maximum atomic E-state index is 8.81. The Morgan fingerprint density at radius 1 is 1.23 bits per heavy atom. The number of nitrogens with one attached hydrogen (secondary N) is 1.